The van der Waals surface area contributed by atoms with Crippen LogP contribution in [0.3, 0.4) is 0 Å². The molecule has 0 unspecified atom stereocenters. The Kier molecular flexibility index (Phi) is 4.24. The number of anilines is 1. The molecule has 1 aliphatic rings. The van der Waals surface area contributed by atoms with Gasteiger partial charge in [-0.05, 0) is 38.3 Å². The van der Waals surface area contributed by atoms with Gasteiger partial charge < -0.3 is 9.64 Å². The predicted octanol–water partition coefficient (Wildman–Crippen LogP) is 3.85. The fourth-order valence-corrected chi connectivity index (χ4v) is 3.16. The minimum Gasteiger partial charge on any atom is -0.434 e. The zero-order chi connectivity index (χ0) is 16.6. The number of aromatic nitrogens is 2. The first-order chi connectivity index (χ1) is 11.0. The van der Waals surface area contributed by atoms with Crippen molar-refractivity contribution in [3.8, 4) is 16.9 Å². The average Bonchev–Trinajstić information content (AvgIpc) is 2.91. The minimum atomic E-state index is -2.85. The Bertz CT molecular complexity index is 697. The molecule has 6 heteroatoms. The van der Waals surface area contributed by atoms with Crippen LogP contribution >= 0.6 is 0 Å². The van der Waals surface area contributed by atoms with Gasteiger partial charge in [-0.15, -0.1) is 0 Å². The fraction of sp³-hybridized carbons (Fsp3) is 0.471. The number of alkyl halides is 2. The summed E-state index contributed by atoms with van der Waals surface area (Å²) in [7, 11) is 1.80. The maximum absolute atomic E-state index is 12.9. The smallest absolute Gasteiger partial charge is 0.387 e. The van der Waals surface area contributed by atoms with E-state index in [0.717, 1.165) is 30.6 Å². The van der Waals surface area contributed by atoms with Gasteiger partial charge in [0.1, 0.15) is 5.75 Å². The van der Waals surface area contributed by atoms with E-state index < -0.39 is 6.61 Å². The van der Waals surface area contributed by atoms with Crippen LogP contribution in [-0.4, -0.2) is 29.0 Å². The van der Waals surface area contributed by atoms with E-state index in [1.165, 1.54) is 5.56 Å². The number of nitrogens with zero attached hydrogens (tertiary/aromatic N) is 3. The lowest BCUT2D eigenvalue weighted by Crippen LogP contribution is -2.35. The summed E-state index contributed by atoms with van der Waals surface area (Å²) in [5.41, 5.74) is 3.62. The minimum absolute atomic E-state index is 0.208. The van der Waals surface area contributed by atoms with Crippen LogP contribution in [0.1, 0.15) is 25.8 Å². The Morgan fingerprint density at radius 1 is 1.26 bits per heavy atom. The number of benzene rings is 1. The summed E-state index contributed by atoms with van der Waals surface area (Å²) in [4.78, 5) is 2.24. The highest BCUT2D eigenvalue weighted by Crippen LogP contribution is 2.40. The molecule has 2 heterocycles. The number of ether oxygens (including phenoxy) is 1. The molecule has 3 rings (SSSR count). The van der Waals surface area contributed by atoms with Gasteiger partial charge in [0.05, 0.1) is 6.20 Å². The maximum atomic E-state index is 12.9. The number of halogens is 2. The van der Waals surface area contributed by atoms with Gasteiger partial charge in [-0.25, -0.2) is 0 Å². The van der Waals surface area contributed by atoms with Crippen molar-refractivity contribution in [2.75, 3.05) is 11.4 Å². The molecular formula is C17H21F2N3O. The third-order valence-electron chi connectivity index (χ3n) is 4.19. The second-order valence-corrected chi connectivity index (χ2v) is 6.15. The monoisotopic (exact) mass is 321 g/mol. The Morgan fingerprint density at radius 3 is 2.65 bits per heavy atom. The molecule has 0 saturated heterocycles. The van der Waals surface area contributed by atoms with Crippen LogP contribution in [0.25, 0.3) is 11.1 Å². The highest BCUT2D eigenvalue weighted by Gasteiger charge is 2.23. The van der Waals surface area contributed by atoms with Crippen molar-refractivity contribution < 1.29 is 13.5 Å². The molecule has 0 N–H and O–H groups in total. The van der Waals surface area contributed by atoms with Crippen molar-refractivity contribution in [3.63, 3.8) is 0 Å². The van der Waals surface area contributed by atoms with Crippen molar-refractivity contribution in [1.82, 2.24) is 9.78 Å². The molecule has 1 aromatic heterocycles. The van der Waals surface area contributed by atoms with Gasteiger partial charge in [-0.1, -0.05) is 0 Å². The van der Waals surface area contributed by atoms with E-state index in [2.05, 4.69) is 23.8 Å². The fourth-order valence-electron chi connectivity index (χ4n) is 3.16. The summed E-state index contributed by atoms with van der Waals surface area (Å²) in [6.45, 7) is 2.31. The summed E-state index contributed by atoms with van der Waals surface area (Å²) >= 11 is 0. The zero-order valence-electron chi connectivity index (χ0n) is 13.6. The molecule has 1 aromatic carbocycles. The normalized spacial score (nSPS) is 14.5. The Morgan fingerprint density at radius 2 is 2.04 bits per heavy atom. The second-order valence-electron chi connectivity index (χ2n) is 6.15. The van der Waals surface area contributed by atoms with Crippen molar-refractivity contribution in [2.24, 2.45) is 7.05 Å². The van der Waals surface area contributed by atoms with Gasteiger partial charge in [0.25, 0.3) is 0 Å². The van der Waals surface area contributed by atoms with Crippen molar-refractivity contribution >= 4 is 5.69 Å². The lowest BCUT2D eigenvalue weighted by Gasteiger charge is -2.35. The van der Waals surface area contributed by atoms with Gasteiger partial charge in [0.2, 0.25) is 0 Å². The molecule has 0 amide bonds. The Balaban J connectivity index is 2.12. The van der Waals surface area contributed by atoms with Crippen molar-refractivity contribution in [2.45, 2.75) is 39.3 Å². The standard InChI is InChI=1S/C17H21F2N3O/c1-11(2)22-6-4-5-12-7-14(13-9-20-21(3)10-13)16(8-15(12)22)23-17(18)19/h7-11,17H,4-6H2,1-3H3. The molecule has 0 saturated carbocycles. The molecule has 124 valence electrons. The van der Waals surface area contributed by atoms with E-state index in [1.807, 2.05) is 12.3 Å². The molecule has 23 heavy (non-hydrogen) atoms. The second kappa shape index (κ2) is 6.18. The third-order valence-corrected chi connectivity index (χ3v) is 4.19. The van der Waals surface area contributed by atoms with Crippen molar-refractivity contribution in [3.05, 3.63) is 30.1 Å². The third kappa shape index (κ3) is 3.16. The van der Waals surface area contributed by atoms with Crippen LogP contribution in [0, 0.1) is 0 Å². The molecule has 4 nitrogen and oxygen atoms in total. The Labute approximate surface area is 134 Å². The van der Waals surface area contributed by atoms with Gasteiger partial charge in [0.15, 0.2) is 0 Å². The van der Waals surface area contributed by atoms with Crippen LogP contribution in [0.2, 0.25) is 0 Å². The summed E-state index contributed by atoms with van der Waals surface area (Å²) in [6.07, 6.45) is 5.49. The average molecular weight is 321 g/mol. The van der Waals surface area contributed by atoms with Crippen LogP contribution < -0.4 is 9.64 Å². The van der Waals surface area contributed by atoms with Crippen LogP contribution in [-0.2, 0) is 13.5 Å². The van der Waals surface area contributed by atoms with E-state index in [0.29, 0.717) is 11.6 Å². The molecule has 0 radical (unpaired) electrons. The van der Waals surface area contributed by atoms with Gasteiger partial charge >= 0.3 is 6.61 Å². The molecule has 0 aliphatic carbocycles. The van der Waals surface area contributed by atoms with Crippen LogP contribution in [0.4, 0.5) is 14.5 Å². The number of hydrogen-bond donors (Lipinski definition) is 0. The topological polar surface area (TPSA) is 30.3 Å². The first kappa shape index (κ1) is 15.8. The van der Waals surface area contributed by atoms with Crippen LogP contribution in [0.15, 0.2) is 24.5 Å². The van der Waals surface area contributed by atoms with E-state index >= 15 is 0 Å². The number of rotatable bonds is 4. The summed E-state index contributed by atoms with van der Waals surface area (Å²) < 4.78 is 32.2. The van der Waals surface area contributed by atoms with E-state index in [-0.39, 0.29) is 5.75 Å². The van der Waals surface area contributed by atoms with E-state index in [1.54, 1.807) is 24.0 Å². The molecule has 0 atom stereocenters. The zero-order valence-corrected chi connectivity index (χ0v) is 13.6. The lowest BCUT2D eigenvalue weighted by atomic mass is 9.95. The molecule has 2 aromatic rings. The summed E-state index contributed by atoms with van der Waals surface area (Å²) in [5.74, 6) is 0.208. The summed E-state index contributed by atoms with van der Waals surface area (Å²) in [5, 5.41) is 4.13. The summed E-state index contributed by atoms with van der Waals surface area (Å²) in [6, 6.07) is 4.04. The Hall–Kier alpha value is -2.11. The maximum Gasteiger partial charge on any atom is 0.387 e. The largest absolute Gasteiger partial charge is 0.434 e. The molecule has 0 fully saturated rings. The van der Waals surface area contributed by atoms with Gasteiger partial charge in [-0.3, -0.25) is 4.68 Å². The first-order valence-corrected chi connectivity index (χ1v) is 7.83. The number of fused-ring (bicyclic) bond motifs is 1. The van der Waals surface area contributed by atoms with E-state index in [9.17, 15) is 8.78 Å². The van der Waals surface area contributed by atoms with Crippen LogP contribution in [0.5, 0.6) is 5.75 Å². The highest BCUT2D eigenvalue weighted by atomic mass is 19.3. The highest BCUT2D eigenvalue weighted by molar-refractivity contribution is 5.76. The molecule has 1 aliphatic heterocycles. The van der Waals surface area contributed by atoms with E-state index in [4.69, 9.17) is 4.74 Å². The first-order valence-electron chi connectivity index (χ1n) is 7.83. The molecule has 0 bridgehead atoms. The predicted molar refractivity (Wildman–Crippen MR) is 86.1 cm³/mol. The van der Waals surface area contributed by atoms with Crippen molar-refractivity contribution in [1.29, 1.82) is 0 Å². The lowest BCUT2D eigenvalue weighted by molar-refractivity contribution is -0.0494. The quantitative estimate of drug-likeness (QED) is 0.857. The van der Waals surface area contributed by atoms with Gasteiger partial charge in [0, 0.05) is 48.7 Å². The molecule has 0 spiro atoms. The number of aryl methyl sites for hydroxylation is 2. The molecular weight excluding hydrogens is 300 g/mol. The SMILES string of the molecule is CC(C)N1CCCc2cc(-c3cnn(C)c3)c(OC(F)F)cc21. The van der Waals surface area contributed by atoms with Gasteiger partial charge in [-0.2, -0.15) is 13.9 Å². The number of hydrogen-bond acceptors (Lipinski definition) is 3.